The number of anilines is 1. The molecule has 0 bridgehead atoms. The summed E-state index contributed by atoms with van der Waals surface area (Å²) in [5.74, 6) is 0.974. The Kier molecular flexibility index (Phi) is 4.30. The van der Waals surface area contributed by atoms with Crippen LogP contribution in [0.5, 0.6) is 0 Å². The van der Waals surface area contributed by atoms with Gasteiger partial charge in [-0.25, -0.2) is 0 Å². The van der Waals surface area contributed by atoms with Crippen molar-refractivity contribution < 1.29 is 0 Å². The molecule has 0 spiro atoms. The summed E-state index contributed by atoms with van der Waals surface area (Å²) < 4.78 is 0. The van der Waals surface area contributed by atoms with E-state index in [2.05, 4.69) is 42.3 Å². The van der Waals surface area contributed by atoms with Gasteiger partial charge in [0.2, 0.25) is 0 Å². The van der Waals surface area contributed by atoms with E-state index in [9.17, 15) is 0 Å². The van der Waals surface area contributed by atoms with Gasteiger partial charge in [0.15, 0.2) is 0 Å². The van der Waals surface area contributed by atoms with E-state index in [4.69, 9.17) is 0 Å². The van der Waals surface area contributed by atoms with Gasteiger partial charge in [0.1, 0.15) is 0 Å². The van der Waals surface area contributed by atoms with E-state index in [0.29, 0.717) is 0 Å². The molecule has 0 aromatic heterocycles. The summed E-state index contributed by atoms with van der Waals surface area (Å²) in [4.78, 5) is 2.67. The van der Waals surface area contributed by atoms with Crippen molar-refractivity contribution in [2.75, 3.05) is 18.0 Å². The van der Waals surface area contributed by atoms with Crippen LogP contribution in [0.2, 0.25) is 0 Å². The zero-order chi connectivity index (χ0) is 13.9. The van der Waals surface area contributed by atoms with E-state index in [1.54, 1.807) is 0 Å². The molecule has 0 aliphatic heterocycles. The summed E-state index contributed by atoms with van der Waals surface area (Å²) in [6.45, 7) is 7.88. The Hall–Kier alpha value is -1.02. The van der Waals surface area contributed by atoms with Crippen LogP contribution in [0.1, 0.15) is 50.2 Å². The molecular formula is C18H28N2. The molecule has 0 unspecified atom stereocenters. The molecule has 2 saturated carbocycles. The quantitative estimate of drug-likeness (QED) is 0.723. The monoisotopic (exact) mass is 272 g/mol. The fourth-order valence-electron chi connectivity index (χ4n) is 2.89. The Morgan fingerprint density at radius 1 is 1.20 bits per heavy atom. The van der Waals surface area contributed by atoms with Crippen LogP contribution < -0.4 is 10.2 Å². The van der Waals surface area contributed by atoms with Crippen molar-refractivity contribution in [3.8, 4) is 0 Å². The van der Waals surface area contributed by atoms with Crippen LogP contribution >= 0.6 is 0 Å². The third-order valence-corrected chi connectivity index (χ3v) is 4.54. The van der Waals surface area contributed by atoms with Crippen LogP contribution in [0.25, 0.3) is 0 Å². The van der Waals surface area contributed by atoms with Crippen LogP contribution in [0, 0.1) is 12.8 Å². The second kappa shape index (κ2) is 6.17. The van der Waals surface area contributed by atoms with E-state index < -0.39 is 0 Å². The van der Waals surface area contributed by atoms with Crippen LogP contribution in [0.3, 0.4) is 0 Å². The van der Waals surface area contributed by atoms with Crippen LogP contribution in [-0.2, 0) is 6.54 Å². The van der Waals surface area contributed by atoms with Gasteiger partial charge in [0.25, 0.3) is 0 Å². The molecule has 0 atom stereocenters. The molecule has 0 saturated heterocycles. The van der Waals surface area contributed by atoms with E-state index in [-0.39, 0.29) is 0 Å². The third kappa shape index (κ3) is 3.54. The SMILES string of the molecule is CCCNCc1ccc(N(CC2CC2)C2CC2)cc1C. The molecule has 0 heterocycles. The number of hydrogen-bond donors (Lipinski definition) is 1. The van der Waals surface area contributed by atoms with Crippen molar-refractivity contribution in [1.82, 2.24) is 5.32 Å². The van der Waals surface area contributed by atoms with Crippen molar-refractivity contribution >= 4 is 5.69 Å². The van der Waals surface area contributed by atoms with Gasteiger partial charge in [-0.15, -0.1) is 0 Å². The molecule has 1 N–H and O–H groups in total. The molecule has 2 aliphatic carbocycles. The fourth-order valence-corrected chi connectivity index (χ4v) is 2.89. The molecule has 2 fully saturated rings. The van der Waals surface area contributed by atoms with E-state index >= 15 is 0 Å². The first-order valence-corrected chi connectivity index (χ1v) is 8.35. The summed E-state index contributed by atoms with van der Waals surface area (Å²) in [6, 6.07) is 7.91. The first-order valence-electron chi connectivity index (χ1n) is 8.35. The molecular weight excluding hydrogens is 244 g/mol. The zero-order valence-electron chi connectivity index (χ0n) is 13.0. The topological polar surface area (TPSA) is 15.3 Å². The molecule has 3 rings (SSSR count). The standard InChI is InChI=1S/C18H28N2/c1-3-10-19-12-16-6-7-18(11-14(16)2)20(17-8-9-17)13-15-4-5-15/h6-7,11,15,17,19H,3-5,8-10,12-13H2,1-2H3. The first kappa shape index (κ1) is 13.9. The number of nitrogens with one attached hydrogen (secondary N) is 1. The summed E-state index contributed by atoms with van der Waals surface area (Å²) in [7, 11) is 0. The smallest absolute Gasteiger partial charge is 0.0371 e. The van der Waals surface area contributed by atoms with Gasteiger partial charge in [0.05, 0.1) is 0 Å². The molecule has 2 aliphatic rings. The molecule has 20 heavy (non-hydrogen) atoms. The number of benzene rings is 1. The maximum absolute atomic E-state index is 3.50. The predicted molar refractivity (Wildman–Crippen MR) is 86.3 cm³/mol. The first-order chi connectivity index (χ1) is 9.78. The van der Waals surface area contributed by atoms with E-state index in [0.717, 1.165) is 25.0 Å². The van der Waals surface area contributed by atoms with Crippen molar-refractivity contribution in [2.24, 2.45) is 5.92 Å². The molecule has 2 nitrogen and oxygen atoms in total. The van der Waals surface area contributed by atoms with E-state index in [1.807, 2.05) is 0 Å². The van der Waals surface area contributed by atoms with Crippen molar-refractivity contribution in [3.05, 3.63) is 29.3 Å². The van der Waals surface area contributed by atoms with Gasteiger partial charge >= 0.3 is 0 Å². The van der Waals surface area contributed by atoms with Crippen LogP contribution in [-0.4, -0.2) is 19.1 Å². The second-order valence-electron chi connectivity index (χ2n) is 6.61. The minimum atomic E-state index is 0.832. The average Bonchev–Trinajstić information content (AvgIpc) is 3.31. The lowest BCUT2D eigenvalue weighted by Gasteiger charge is -2.25. The molecule has 1 aromatic carbocycles. The lowest BCUT2D eigenvalue weighted by atomic mass is 10.1. The van der Waals surface area contributed by atoms with Gasteiger partial charge in [-0.3, -0.25) is 0 Å². The highest BCUT2D eigenvalue weighted by molar-refractivity contribution is 5.52. The Morgan fingerprint density at radius 3 is 2.60 bits per heavy atom. The Labute approximate surface area is 123 Å². The molecule has 2 heteroatoms. The lowest BCUT2D eigenvalue weighted by molar-refractivity contribution is 0.672. The number of aryl methyl sites for hydroxylation is 1. The van der Waals surface area contributed by atoms with Crippen molar-refractivity contribution in [1.29, 1.82) is 0 Å². The maximum Gasteiger partial charge on any atom is 0.0371 e. The average molecular weight is 272 g/mol. The molecule has 0 radical (unpaired) electrons. The Balaban J connectivity index is 1.67. The van der Waals surface area contributed by atoms with Crippen LogP contribution in [0.15, 0.2) is 18.2 Å². The second-order valence-corrected chi connectivity index (χ2v) is 6.61. The predicted octanol–water partition coefficient (Wildman–Crippen LogP) is 3.87. The van der Waals surface area contributed by atoms with Gasteiger partial charge < -0.3 is 10.2 Å². The number of hydrogen-bond acceptors (Lipinski definition) is 2. The Bertz CT molecular complexity index is 447. The minimum absolute atomic E-state index is 0.832. The summed E-state index contributed by atoms with van der Waals surface area (Å²) in [6.07, 6.45) is 6.88. The lowest BCUT2D eigenvalue weighted by Crippen LogP contribution is -2.28. The fraction of sp³-hybridized carbons (Fsp3) is 0.667. The van der Waals surface area contributed by atoms with Crippen molar-refractivity contribution in [2.45, 2.75) is 58.5 Å². The molecule has 110 valence electrons. The normalized spacial score (nSPS) is 18.3. The van der Waals surface area contributed by atoms with Crippen molar-refractivity contribution in [3.63, 3.8) is 0 Å². The highest BCUT2D eigenvalue weighted by Crippen LogP contribution is 2.38. The summed E-state index contributed by atoms with van der Waals surface area (Å²) in [5.41, 5.74) is 4.34. The largest absolute Gasteiger partial charge is 0.368 e. The molecule has 1 aromatic rings. The van der Waals surface area contributed by atoms with Crippen LogP contribution in [0.4, 0.5) is 5.69 Å². The highest BCUT2D eigenvalue weighted by atomic mass is 15.2. The van der Waals surface area contributed by atoms with Gasteiger partial charge in [-0.1, -0.05) is 13.0 Å². The minimum Gasteiger partial charge on any atom is -0.368 e. The highest BCUT2D eigenvalue weighted by Gasteiger charge is 2.33. The third-order valence-electron chi connectivity index (χ3n) is 4.54. The zero-order valence-corrected chi connectivity index (χ0v) is 13.0. The van der Waals surface area contributed by atoms with Gasteiger partial charge in [-0.2, -0.15) is 0 Å². The summed E-state index contributed by atoms with van der Waals surface area (Å²) >= 11 is 0. The Morgan fingerprint density at radius 2 is 2.00 bits per heavy atom. The molecule has 0 amide bonds. The maximum atomic E-state index is 3.50. The summed E-state index contributed by atoms with van der Waals surface area (Å²) in [5, 5.41) is 3.50. The number of rotatable bonds is 8. The number of nitrogens with zero attached hydrogens (tertiary/aromatic N) is 1. The van der Waals surface area contributed by atoms with E-state index in [1.165, 1.54) is 55.5 Å². The van der Waals surface area contributed by atoms with Gasteiger partial charge in [0, 0.05) is 24.8 Å². The van der Waals surface area contributed by atoms with Gasteiger partial charge in [-0.05, 0) is 74.8 Å².